The van der Waals surface area contributed by atoms with E-state index in [-0.39, 0.29) is 41.0 Å². The minimum atomic E-state index is -2.08. The zero-order chi connectivity index (χ0) is 19.0. The minimum absolute atomic E-state index is 0.0768. The van der Waals surface area contributed by atoms with Crippen molar-refractivity contribution >= 4 is 5.78 Å². The maximum absolute atomic E-state index is 13.9. The first-order valence-corrected chi connectivity index (χ1v) is 9.63. The van der Waals surface area contributed by atoms with Crippen LogP contribution in [-0.4, -0.2) is 62.3 Å². The fourth-order valence-corrected chi connectivity index (χ4v) is 7.29. The highest BCUT2D eigenvalue weighted by molar-refractivity contribution is 5.95. The van der Waals surface area contributed by atoms with E-state index in [1.165, 1.54) is 0 Å². The first-order valence-electron chi connectivity index (χ1n) is 9.63. The van der Waals surface area contributed by atoms with E-state index in [2.05, 4.69) is 13.8 Å². The molecule has 1 spiro atoms. The van der Waals surface area contributed by atoms with Gasteiger partial charge in [0.2, 0.25) is 0 Å². The quantitative estimate of drug-likeness (QED) is 0.386. The lowest BCUT2D eigenvalue weighted by Gasteiger charge is -2.48. The highest BCUT2D eigenvalue weighted by Gasteiger charge is 2.90. The fraction of sp³-hybridized carbons (Fsp3) is 0.850. The van der Waals surface area contributed by atoms with E-state index in [0.717, 1.165) is 0 Å². The maximum Gasteiger partial charge on any atom is 0.152 e. The van der Waals surface area contributed by atoms with Crippen LogP contribution in [0.5, 0.6) is 0 Å². The van der Waals surface area contributed by atoms with Crippen molar-refractivity contribution in [2.45, 2.75) is 63.6 Å². The van der Waals surface area contributed by atoms with Crippen molar-refractivity contribution in [3.8, 4) is 0 Å². The number of carbonyl (C=O) groups is 1. The van der Waals surface area contributed by atoms with Gasteiger partial charge in [0.25, 0.3) is 0 Å². The molecule has 2 bridgehead atoms. The lowest BCUT2D eigenvalue weighted by molar-refractivity contribution is -0.208. The van der Waals surface area contributed by atoms with Gasteiger partial charge in [-0.05, 0) is 42.1 Å². The molecule has 4 aliphatic carbocycles. The second-order valence-electron chi connectivity index (χ2n) is 10.0. The Balaban J connectivity index is 1.82. The Bertz CT molecular complexity index is 745. The number of rotatable bonds is 1. The number of aliphatic hydroxyl groups is 4. The molecular formula is C20H28O6. The minimum Gasteiger partial charge on any atom is -0.393 e. The Labute approximate surface area is 152 Å². The molecule has 1 aliphatic heterocycles. The summed E-state index contributed by atoms with van der Waals surface area (Å²) >= 11 is 0. The SMILES string of the molecule is CC1=CC23C(=O)C(CC(C)C(O)C2(O)C1O)C1C(C2OC23CO)C1(C)C. The van der Waals surface area contributed by atoms with Gasteiger partial charge in [-0.25, -0.2) is 0 Å². The first kappa shape index (κ1) is 17.3. The van der Waals surface area contributed by atoms with Crippen molar-refractivity contribution in [3.63, 3.8) is 0 Å². The van der Waals surface area contributed by atoms with Crippen LogP contribution in [0.4, 0.5) is 0 Å². The van der Waals surface area contributed by atoms with Crippen LogP contribution in [-0.2, 0) is 9.53 Å². The molecule has 10 unspecified atom stereocenters. The topological polar surface area (TPSA) is 111 Å². The molecule has 4 fully saturated rings. The van der Waals surface area contributed by atoms with Gasteiger partial charge in [0.05, 0.1) is 18.8 Å². The number of Topliss-reactive ketones (excluding diaryl/α,β-unsaturated/α-hetero) is 1. The molecule has 5 rings (SSSR count). The van der Waals surface area contributed by atoms with Crippen LogP contribution in [0.25, 0.3) is 0 Å². The molecule has 6 nitrogen and oxygen atoms in total. The highest BCUT2D eigenvalue weighted by atomic mass is 16.6. The monoisotopic (exact) mass is 364 g/mol. The van der Waals surface area contributed by atoms with Crippen LogP contribution in [0.1, 0.15) is 34.1 Å². The van der Waals surface area contributed by atoms with Crippen LogP contribution in [0.15, 0.2) is 11.6 Å². The van der Waals surface area contributed by atoms with Crippen molar-refractivity contribution in [2.75, 3.05) is 6.61 Å². The average molecular weight is 364 g/mol. The van der Waals surface area contributed by atoms with E-state index in [0.29, 0.717) is 12.0 Å². The Hall–Kier alpha value is -0.790. The van der Waals surface area contributed by atoms with Crippen molar-refractivity contribution in [3.05, 3.63) is 11.6 Å². The fourth-order valence-electron chi connectivity index (χ4n) is 7.29. The molecule has 10 atom stereocenters. The number of ketones is 1. The second kappa shape index (κ2) is 4.44. The van der Waals surface area contributed by atoms with Gasteiger partial charge in [-0.2, -0.15) is 0 Å². The van der Waals surface area contributed by atoms with Crippen molar-refractivity contribution in [1.82, 2.24) is 0 Å². The third-order valence-electron chi connectivity index (χ3n) is 8.66. The molecule has 1 heterocycles. The van der Waals surface area contributed by atoms with Crippen LogP contribution >= 0.6 is 0 Å². The molecule has 4 N–H and O–H groups in total. The zero-order valence-corrected chi connectivity index (χ0v) is 15.6. The van der Waals surface area contributed by atoms with Gasteiger partial charge < -0.3 is 25.2 Å². The summed E-state index contributed by atoms with van der Waals surface area (Å²) in [6.45, 7) is 7.31. The molecule has 0 aromatic rings. The molecule has 3 saturated carbocycles. The Morgan fingerprint density at radius 2 is 1.92 bits per heavy atom. The summed E-state index contributed by atoms with van der Waals surface area (Å²) in [5.41, 5.74) is -4.59. The smallest absolute Gasteiger partial charge is 0.152 e. The summed E-state index contributed by atoms with van der Waals surface area (Å²) in [6.07, 6.45) is -0.918. The van der Waals surface area contributed by atoms with Crippen LogP contribution in [0.2, 0.25) is 0 Å². The molecule has 0 aromatic heterocycles. The Morgan fingerprint density at radius 3 is 2.54 bits per heavy atom. The normalized spacial score (nSPS) is 61.6. The number of aliphatic hydroxyl groups excluding tert-OH is 3. The summed E-state index contributed by atoms with van der Waals surface area (Å²) in [6, 6.07) is 0. The number of carbonyl (C=O) groups excluding carboxylic acids is 1. The summed E-state index contributed by atoms with van der Waals surface area (Å²) in [5.74, 6) is -0.609. The largest absolute Gasteiger partial charge is 0.393 e. The van der Waals surface area contributed by atoms with Gasteiger partial charge in [-0.3, -0.25) is 4.79 Å². The third-order valence-corrected chi connectivity index (χ3v) is 8.66. The molecule has 6 heteroatoms. The first-order chi connectivity index (χ1) is 12.0. The van der Waals surface area contributed by atoms with Gasteiger partial charge in [0.1, 0.15) is 22.7 Å². The molecule has 0 amide bonds. The van der Waals surface area contributed by atoms with E-state index < -0.39 is 35.4 Å². The molecule has 26 heavy (non-hydrogen) atoms. The predicted octanol–water partition coefficient (Wildman–Crippen LogP) is 0.0264. The van der Waals surface area contributed by atoms with Gasteiger partial charge in [-0.1, -0.05) is 26.8 Å². The summed E-state index contributed by atoms with van der Waals surface area (Å²) in [5, 5.41) is 44.0. The predicted molar refractivity (Wildman–Crippen MR) is 90.9 cm³/mol. The van der Waals surface area contributed by atoms with Crippen LogP contribution in [0.3, 0.4) is 0 Å². The number of epoxide rings is 1. The van der Waals surface area contributed by atoms with E-state index in [1.54, 1.807) is 13.0 Å². The molecule has 0 aromatic carbocycles. The average Bonchev–Trinajstić information content (AvgIpc) is 3.43. The Kier molecular flexibility index (Phi) is 2.96. The molecular weight excluding hydrogens is 336 g/mol. The van der Waals surface area contributed by atoms with E-state index in [1.807, 2.05) is 6.92 Å². The lowest BCUT2D eigenvalue weighted by Crippen LogP contribution is -2.69. The molecule has 144 valence electrons. The summed E-state index contributed by atoms with van der Waals surface area (Å²) < 4.78 is 6.05. The standard InChI is InChI=1S/C20H28O6/c1-8-5-10-11-12(17(11,3)4)16-19(7-21,26-16)18(15(10)24)6-9(2)14(23)20(18,25)13(8)22/h6,8,10-14,16,21-23,25H,5,7H2,1-4H3. The maximum atomic E-state index is 13.9. The molecule has 1 saturated heterocycles. The van der Waals surface area contributed by atoms with Crippen molar-refractivity contribution in [2.24, 2.45) is 34.5 Å². The van der Waals surface area contributed by atoms with E-state index in [4.69, 9.17) is 4.74 Å². The van der Waals surface area contributed by atoms with Gasteiger partial charge in [-0.15, -0.1) is 0 Å². The van der Waals surface area contributed by atoms with Crippen molar-refractivity contribution < 1.29 is 30.0 Å². The number of hydrogen-bond donors (Lipinski definition) is 4. The van der Waals surface area contributed by atoms with Crippen LogP contribution < -0.4 is 0 Å². The number of hydrogen-bond acceptors (Lipinski definition) is 6. The number of fused-ring (bicyclic) bond motifs is 5. The van der Waals surface area contributed by atoms with Gasteiger partial charge >= 0.3 is 0 Å². The Morgan fingerprint density at radius 1 is 1.27 bits per heavy atom. The summed E-state index contributed by atoms with van der Waals surface area (Å²) in [7, 11) is 0. The van der Waals surface area contributed by atoms with E-state index >= 15 is 0 Å². The molecule has 5 aliphatic rings. The van der Waals surface area contributed by atoms with Crippen LogP contribution in [0, 0.1) is 34.5 Å². The lowest BCUT2D eigenvalue weighted by atomic mass is 9.58. The number of ether oxygens (including phenoxy) is 1. The second-order valence-corrected chi connectivity index (χ2v) is 10.0. The third kappa shape index (κ3) is 1.41. The van der Waals surface area contributed by atoms with Gasteiger partial charge in [0.15, 0.2) is 5.78 Å². The highest BCUT2D eigenvalue weighted by Crippen LogP contribution is 2.78. The van der Waals surface area contributed by atoms with Crippen molar-refractivity contribution in [1.29, 1.82) is 0 Å². The zero-order valence-electron chi connectivity index (χ0n) is 15.6. The van der Waals surface area contributed by atoms with E-state index in [9.17, 15) is 25.2 Å². The van der Waals surface area contributed by atoms with Gasteiger partial charge in [0, 0.05) is 5.92 Å². The summed E-state index contributed by atoms with van der Waals surface area (Å²) in [4.78, 5) is 13.9. The molecule has 0 radical (unpaired) electrons.